The van der Waals surface area contributed by atoms with E-state index < -0.39 is 5.82 Å². The summed E-state index contributed by atoms with van der Waals surface area (Å²) in [6, 6.07) is 14.4. The third-order valence-corrected chi connectivity index (χ3v) is 5.45. The van der Waals surface area contributed by atoms with Crippen molar-refractivity contribution >= 4 is 23.5 Å². The number of amides is 4. The predicted octanol–water partition coefficient (Wildman–Crippen LogP) is 2.66. The van der Waals surface area contributed by atoms with Crippen molar-refractivity contribution in [2.24, 2.45) is 0 Å². The molecule has 156 valence electrons. The molecule has 2 aromatic rings. The lowest BCUT2D eigenvalue weighted by Crippen LogP contribution is -2.49. The number of imide groups is 1. The van der Waals surface area contributed by atoms with Gasteiger partial charge in [-0.15, -0.1) is 0 Å². The lowest BCUT2D eigenvalue weighted by atomic mass is 10.0. The summed E-state index contributed by atoms with van der Waals surface area (Å²) in [4.78, 5) is 42.1. The maximum atomic E-state index is 13.6. The van der Waals surface area contributed by atoms with Gasteiger partial charge in [-0.3, -0.25) is 9.59 Å². The van der Waals surface area contributed by atoms with Crippen LogP contribution < -0.4 is 9.64 Å². The van der Waals surface area contributed by atoms with Gasteiger partial charge in [-0.05, 0) is 37.1 Å². The SMILES string of the molecule is O=C(COc1ccccc1F)N1CCC(N2CC(=O)N(c3ccccc3)C2=O)CC1. The number of carbonyl (C=O) groups excluding carboxylic acids is 3. The number of nitrogens with zero attached hydrogens (tertiary/aromatic N) is 3. The highest BCUT2D eigenvalue weighted by molar-refractivity contribution is 6.19. The molecule has 0 spiro atoms. The van der Waals surface area contributed by atoms with Crippen LogP contribution in [0.4, 0.5) is 14.9 Å². The van der Waals surface area contributed by atoms with Gasteiger partial charge in [-0.2, -0.15) is 0 Å². The number of rotatable bonds is 5. The summed E-state index contributed by atoms with van der Waals surface area (Å²) in [5, 5.41) is 0. The number of para-hydroxylation sites is 2. The Morgan fingerprint density at radius 3 is 2.37 bits per heavy atom. The quantitative estimate of drug-likeness (QED) is 0.710. The van der Waals surface area contributed by atoms with Crippen molar-refractivity contribution in [2.75, 3.05) is 31.1 Å². The van der Waals surface area contributed by atoms with Crippen LogP contribution in [0.25, 0.3) is 0 Å². The van der Waals surface area contributed by atoms with Crippen LogP contribution in [0.3, 0.4) is 0 Å². The van der Waals surface area contributed by atoms with Crippen LogP contribution in [0.2, 0.25) is 0 Å². The molecular weight excluding hydrogens is 389 g/mol. The van der Waals surface area contributed by atoms with Crippen molar-refractivity contribution in [2.45, 2.75) is 18.9 Å². The summed E-state index contributed by atoms with van der Waals surface area (Å²) >= 11 is 0. The molecule has 7 nitrogen and oxygen atoms in total. The zero-order valence-electron chi connectivity index (χ0n) is 16.4. The van der Waals surface area contributed by atoms with E-state index in [-0.39, 0.29) is 42.8 Å². The molecule has 0 atom stereocenters. The molecule has 0 saturated carbocycles. The number of benzene rings is 2. The van der Waals surface area contributed by atoms with Gasteiger partial charge in [0.05, 0.1) is 5.69 Å². The van der Waals surface area contributed by atoms with Crippen LogP contribution in [-0.2, 0) is 9.59 Å². The zero-order valence-corrected chi connectivity index (χ0v) is 16.4. The Kier molecular flexibility index (Phi) is 5.65. The Bertz CT molecular complexity index is 944. The fourth-order valence-corrected chi connectivity index (χ4v) is 3.86. The lowest BCUT2D eigenvalue weighted by molar-refractivity contribution is -0.135. The number of hydrogen-bond donors (Lipinski definition) is 0. The Balaban J connectivity index is 1.31. The second-order valence-electron chi connectivity index (χ2n) is 7.31. The topological polar surface area (TPSA) is 70.2 Å². The standard InChI is InChI=1S/C22H22FN3O4/c23-18-8-4-5-9-19(18)30-15-21(28)24-12-10-16(11-13-24)25-14-20(27)26(22(25)29)17-6-2-1-3-7-17/h1-9,16H,10-15H2. The third kappa shape index (κ3) is 3.98. The Morgan fingerprint density at radius 2 is 1.67 bits per heavy atom. The van der Waals surface area contributed by atoms with Crippen LogP contribution in [0.1, 0.15) is 12.8 Å². The molecule has 0 bridgehead atoms. The highest BCUT2D eigenvalue weighted by Crippen LogP contribution is 2.26. The van der Waals surface area contributed by atoms with Gasteiger partial charge in [0.2, 0.25) is 0 Å². The molecule has 2 aliphatic heterocycles. The number of ether oxygens (including phenoxy) is 1. The van der Waals surface area contributed by atoms with E-state index in [0.717, 1.165) is 0 Å². The minimum atomic E-state index is -0.510. The van der Waals surface area contributed by atoms with Crippen LogP contribution in [-0.4, -0.2) is 59.9 Å². The van der Waals surface area contributed by atoms with E-state index in [0.29, 0.717) is 31.6 Å². The van der Waals surface area contributed by atoms with Gasteiger partial charge in [-0.25, -0.2) is 14.1 Å². The van der Waals surface area contributed by atoms with E-state index in [1.54, 1.807) is 46.2 Å². The lowest BCUT2D eigenvalue weighted by Gasteiger charge is -2.36. The van der Waals surface area contributed by atoms with Crippen molar-refractivity contribution in [3.63, 3.8) is 0 Å². The second-order valence-corrected chi connectivity index (χ2v) is 7.31. The Hall–Kier alpha value is -3.42. The molecule has 4 amide bonds. The van der Waals surface area contributed by atoms with Crippen molar-refractivity contribution in [1.29, 1.82) is 0 Å². The maximum absolute atomic E-state index is 13.6. The summed E-state index contributed by atoms with van der Waals surface area (Å²) in [6.45, 7) is 0.706. The molecule has 0 unspecified atom stereocenters. The average Bonchev–Trinajstić information content (AvgIpc) is 3.07. The molecule has 0 radical (unpaired) electrons. The minimum absolute atomic E-state index is 0.0444. The van der Waals surface area contributed by atoms with Crippen LogP contribution >= 0.6 is 0 Å². The number of urea groups is 1. The first kappa shape index (κ1) is 19.9. The van der Waals surface area contributed by atoms with Gasteiger partial charge in [0, 0.05) is 19.1 Å². The van der Waals surface area contributed by atoms with Crippen LogP contribution in [0, 0.1) is 5.82 Å². The van der Waals surface area contributed by atoms with Crippen molar-refractivity contribution in [1.82, 2.24) is 9.80 Å². The summed E-state index contributed by atoms with van der Waals surface area (Å²) in [5.74, 6) is -0.943. The molecule has 2 aromatic carbocycles. The number of carbonyl (C=O) groups is 3. The molecule has 2 fully saturated rings. The minimum Gasteiger partial charge on any atom is -0.481 e. The largest absolute Gasteiger partial charge is 0.481 e. The van der Waals surface area contributed by atoms with Crippen molar-refractivity contribution < 1.29 is 23.5 Å². The van der Waals surface area contributed by atoms with Gasteiger partial charge in [0.25, 0.3) is 11.8 Å². The van der Waals surface area contributed by atoms with E-state index in [9.17, 15) is 18.8 Å². The molecule has 0 aromatic heterocycles. The fourth-order valence-electron chi connectivity index (χ4n) is 3.86. The van der Waals surface area contributed by atoms with Gasteiger partial charge < -0.3 is 14.5 Å². The Morgan fingerprint density at radius 1 is 1.00 bits per heavy atom. The Labute approximate surface area is 173 Å². The summed E-state index contributed by atoms with van der Waals surface area (Å²) in [7, 11) is 0. The van der Waals surface area contributed by atoms with E-state index in [1.807, 2.05) is 6.07 Å². The molecule has 30 heavy (non-hydrogen) atoms. The fraction of sp³-hybridized carbons (Fsp3) is 0.318. The average molecular weight is 411 g/mol. The molecule has 4 rings (SSSR count). The number of hydrogen-bond acceptors (Lipinski definition) is 4. The van der Waals surface area contributed by atoms with Gasteiger partial charge in [0.1, 0.15) is 6.54 Å². The number of anilines is 1. The summed E-state index contributed by atoms with van der Waals surface area (Å²) in [5.41, 5.74) is 0.563. The van der Waals surface area contributed by atoms with Crippen LogP contribution in [0.15, 0.2) is 54.6 Å². The molecule has 2 heterocycles. The second kappa shape index (κ2) is 8.52. The van der Waals surface area contributed by atoms with Gasteiger partial charge >= 0.3 is 6.03 Å². The first-order valence-electron chi connectivity index (χ1n) is 9.88. The highest BCUT2D eigenvalue weighted by Gasteiger charge is 2.41. The number of halogens is 1. The third-order valence-electron chi connectivity index (χ3n) is 5.45. The van der Waals surface area contributed by atoms with E-state index in [1.165, 1.54) is 17.0 Å². The molecule has 8 heteroatoms. The molecule has 0 aliphatic carbocycles. The van der Waals surface area contributed by atoms with E-state index >= 15 is 0 Å². The summed E-state index contributed by atoms with van der Waals surface area (Å²) < 4.78 is 18.9. The number of piperidine rings is 1. The normalized spacial score (nSPS) is 17.6. The first-order valence-corrected chi connectivity index (χ1v) is 9.88. The first-order chi connectivity index (χ1) is 14.5. The molecule has 0 N–H and O–H groups in total. The van der Waals surface area contributed by atoms with Crippen molar-refractivity contribution in [3.8, 4) is 5.75 Å². The van der Waals surface area contributed by atoms with Gasteiger partial charge in [0.15, 0.2) is 18.2 Å². The predicted molar refractivity (Wildman–Crippen MR) is 108 cm³/mol. The van der Waals surface area contributed by atoms with Crippen LogP contribution in [0.5, 0.6) is 5.75 Å². The smallest absolute Gasteiger partial charge is 0.332 e. The zero-order chi connectivity index (χ0) is 21.1. The van der Waals surface area contributed by atoms with E-state index in [4.69, 9.17) is 4.74 Å². The molecule has 2 aliphatic rings. The summed E-state index contributed by atoms with van der Waals surface area (Å²) in [6.07, 6.45) is 1.15. The molecule has 2 saturated heterocycles. The van der Waals surface area contributed by atoms with Crippen molar-refractivity contribution in [3.05, 3.63) is 60.4 Å². The highest BCUT2D eigenvalue weighted by atomic mass is 19.1. The molecular formula is C22H22FN3O4. The van der Waals surface area contributed by atoms with Gasteiger partial charge in [-0.1, -0.05) is 30.3 Å². The maximum Gasteiger partial charge on any atom is 0.332 e. The number of likely N-dealkylation sites (tertiary alicyclic amines) is 1. The monoisotopic (exact) mass is 411 g/mol. The van der Waals surface area contributed by atoms with E-state index in [2.05, 4.69) is 0 Å².